The fraction of sp³-hybridized carbons (Fsp3) is 0.318. The number of aromatic nitrogens is 1. The second kappa shape index (κ2) is 9.35. The molecular weight excluding hydrogens is 388 g/mol. The van der Waals surface area contributed by atoms with Gasteiger partial charge in [-0.15, -0.1) is 0 Å². The van der Waals surface area contributed by atoms with E-state index in [1.807, 2.05) is 24.4 Å². The Kier molecular flexibility index (Phi) is 6.39. The normalized spacial score (nSPS) is 16.8. The van der Waals surface area contributed by atoms with E-state index < -0.39 is 0 Å². The Hall–Kier alpha value is -2.48. The van der Waals surface area contributed by atoms with Gasteiger partial charge >= 0.3 is 0 Å². The Bertz CT molecular complexity index is 988. The molecule has 7 heteroatoms. The molecule has 0 saturated carbocycles. The van der Waals surface area contributed by atoms with E-state index in [1.54, 1.807) is 23.9 Å². The molecule has 0 bridgehead atoms. The fourth-order valence-electron chi connectivity index (χ4n) is 3.35. The summed E-state index contributed by atoms with van der Waals surface area (Å²) < 4.78 is 11.5. The summed E-state index contributed by atoms with van der Waals surface area (Å²) >= 11 is 1.58. The van der Waals surface area contributed by atoms with Gasteiger partial charge < -0.3 is 9.47 Å². The van der Waals surface area contributed by atoms with E-state index in [0.29, 0.717) is 13.0 Å². The highest BCUT2D eigenvalue weighted by Gasteiger charge is 2.16. The molecule has 29 heavy (non-hydrogen) atoms. The SMILES string of the molecule is O=[N+]([O-])c1ccc(Sc2c(CCOC3CCCCO3)ncc3ccccc23)cc1. The van der Waals surface area contributed by atoms with Crippen molar-refractivity contribution < 1.29 is 14.4 Å². The number of rotatable bonds is 7. The molecule has 1 fully saturated rings. The standard InChI is InChI=1S/C22H22N2O4S/c25-24(26)17-8-10-18(11-9-17)29-22-19-6-2-1-5-16(19)15-23-20(22)12-14-28-21-7-3-4-13-27-21/h1-2,5-6,8-11,15,21H,3-4,7,12-14H2. The van der Waals surface area contributed by atoms with Gasteiger partial charge in [0.15, 0.2) is 6.29 Å². The summed E-state index contributed by atoms with van der Waals surface area (Å²) in [5.41, 5.74) is 1.05. The minimum Gasteiger partial charge on any atom is -0.353 e. The quantitative estimate of drug-likeness (QED) is 0.384. The lowest BCUT2D eigenvalue weighted by Gasteiger charge is -2.22. The Balaban J connectivity index is 1.56. The number of benzene rings is 2. The maximum Gasteiger partial charge on any atom is 0.269 e. The maximum absolute atomic E-state index is 10.9. The zero-order chi connectivity index (χ0) is 20.1. The van der Waals surface area contributed by atoms with Gasteiger partial charge in [0.1, 0.15) is 0 Å². The second-order valence-corrected chi connectivity index (χ2v) is 7.98. The number of non-ortho nitro benzene ring substituents is 1. The molecule has 0 spiro atoms. The fourth-order valence-corrected chi connectivity index (χ4v) is 4.43. The van der Waals surface area contributed by atoms with Crippen molar-refractivity contribution in [3.63, 3.8) is 0 Å². The Morgan fingerprint density at radius 1 is 1.17 bits per heavy atom. The van der Waals surface area contributed by atoms with Crippen molar-refractivity contribution >= 4 is 28.2 Å². The lowest BCUT2D eigenvalue weighted by Crippen LogP contribution is -2.23. The van der Waals surface area contributed by atoms with Crippen molar-refractivity contribution in [3.05, 3.63) is 70.5 Å². The van der Waals surface area contributed by atoms with Gasteiger partial charge in [-0.05, 0) is 36.8 Å². The van der Waals surface area contributed by atoms with Crippen LogP contribution in [0, 0.1) is 10.1 Å². The molecule has 1 atom stereocenters. The maximum atomic E-state index is 10.9. The topological polar surface area (TPSA) is 74.5 Å². The number of hydrogen-bond donors (Lipinski definition) is 0. The summed E-state index contributed by atoms with van der Waals surface area (Å²) in [5.74, 6) is 0. The van der Waals surface area contributed by atoms with Crippen LogP contribution < -0.4 is 0 Å². The van der Waals surface area contributed by atoms with E-state index in [4.69, 9.17) is 9.47 Å². The van der Waals surface area contributed by atoms with Gasteiger partial charge in [-0.3, -0.25) is 15.1 Å². The summed E-state index contributed by atoms with van der Waals surface area (Å²) in [6.07, 6.45) is 5.63. The number of nitro benzene ring substituents is 1. The smallest absolute Gasteiger partial charge is 0.269 e. The van der Waals surface area contributed by atoms with E-state index in [1.165, 1.54) is 12.1 Å². The third-order valence-electron chi connectivity index (χ3n) is 4.87. The molecule has 4 rings (SSSR count). The molecule has 1 saturated heterocycles. The molecule has 2 aromatic carbocycles. The van der Waals surface area contributed by atoms with Gasteiger partial charge in [0.05, 0.1) is 17.2 Å². The number of nitrogens with zero attached hydrogens (tertiary/aromatic N) is 2. The first-order valence-corrected chi connectivity index (χ1v) is 10.5. The number of fused-ring (bicyclic) bond motifs is 1. The average molecular weight is 410 g/mol. The molecule has 150 valence electrons. The van der Waals surface area contributed by atoms with Crippen molar-refractivity contribution in [2.75, 3.05) is 13.2 Å². The van der Waals surface area contributed by atoms with Crippen LogP contribution in [0.15, 0.2) is 64.5 Å². The van der Waals surface area contributed by atoms with Crippen LogP contribution in [0.3, 0.4) is 0 Å². The molecule has 0 amide bonds. The molecule has 0 N–H and O–H groups in total. The van der Waals surface area contributed by atoms with Crippen LogP contribution in [0.2, 0.25) is 0 Å². The summed E-state index contributed by atoms with van der Waals surface area (Å²) in [5, 5.41) is 13.1. The van der Waals surface area contributed by atoms with Crippen LogP contribution in [0.1, 0.15) is 25.0 Å². The predicted molar refractivity (Wildman–Crippen MR) is 112 cm³/mol. The minimum atomic E-state index is -0.385. The average Bonchev–Trinajstić information content (AvgIpc) is 2.76. The summed E-state index contributed by atoms with van der Waals surface area (Å²) in [4.78, 5) is 17.2. The van der Waals surface area contributed by atoms with Gasteiger partial charge in [0.25, 0.3) is 5.69 Å². The third-order valence-corrected chi connectivity index (χ3v) is 6.04. The predicted octanol–water partition coefficient (Wildman–Crippen LogP) is 5.38. The first-order chi connectivity index (χ1) is 14.2. The largest absolute Gasteiger partial charge is 0.353 e. The second-order valence-electron chi connectivity index (χ2n) is 6.89. The highest BCUT2D eigenvalue weighted by molar-refractivity contribution is 7.99. The lowest BCUT2D eigenvalue weighted by molar-refractivity contribution is -0.384. The van der Waals surface area contributed by atoms with E-state index in [-0.39, 0.29) is 16.9 Å². The van der Waals surface area contributed by atoms with Crippen molar-refractivity contribution in [1.82, 2.24) is 4.98 Å². The van der Waals surface area contributed by atoms with Gasteiger partial charge in [-0.2, -0.15) is 0 Å². The van der Waals surface area contributed by atoms with Crippen molar-refractivity contribution in [3.8, 4) is 0 Å². The summed E-state index contributed by atoms with van der Waals surface area (Å²) in [6.45, 7) is 1.31. The number of pyridine rings is 1. The number of ether oxygens (including phenoxy) is 2. The monoisotopic (exact) mass is 410 g/mol. The van der Waals surface area contributed by atoms with Crippen LogP contribution in [0.4, 0.5) is 5.69 Å². The molecule has 1 aromatic heterocycles. The van der Waals surface area contributed by atoms with Crippen molar-refractivity contribution in [2.24, 2.45) is 0 Å². The van der Waals surface area contributed by atoms with E-state index >= 15 is 0 Å². The van der Waals surface area contributed by atoms with Gasteiger partial charge in [-0.25, -0.2) is 0 Å². The molecular formula is C22H22N2O4S. The molecule has 3 aromatic rings. The van der Waals surface area contributed by atoms with Gasteiger partial charge in [0.2, 0.25) is 0 Å². The molecule has 0 radical (unpaired) electrons. The Morgan fingerprint density at radius 3 is 2.76 bits per heavy atom. The van der Waals surface area contributed by atoms with Crippen LogP contribution in [-0.2, 0) is 15.9 Å². The molecule has 2 heterocycles. The highest BCUT2D eigenvalue weighted by atomic mass is 32.2. The van der Waals surface area contributed by atoms with Crippen LogP contribution in [0.5, 0.6) is 0 Å². The molecule has 0 aliphatic carbocycles. The van der Waals surface area contributed by atoms with Gasteiger partial charge in [-0.1, -0.05) is 36.0 Å². The number of hydrogen-bond acceptors (Lipinski definition) is 6. The molecule has 1 aliphatic rings. The summed E-state index contributed by atoms with van der Waals surface area (Å²) in [7, 11) is 0. The highest BCUT2D eigenvalue weighted by Crippen LogP contribution is 2.36. The molecule has 1 aliphatic heterocycles. The Labute approximate surface area is 173 Å². The van der Waals surface area contributed by atoms with Crippen molar-refractivity contribution in [2.45, 2.75) is 41.8 Å². The summed E-state index contributed by atoms with van der Waals surface area (Å²) in [6, 6.07) is 14.7. The first kappa shape index (κ1) is 19.8. The number of nitro groups is 1. The Morgan fingerprint density at radius 2 is 2.00 bits per heavy atom. The van der Waals surface area contributed by atoms with Crippen molar-refractivity contribution in [1.29, 1.82) is 0 Å². The first-order valence-electron chi connectivity index (χ1n) is 9.73. The minimum absolute atomic E-state index is 0.0894. The van der Waals surface area contributed by atoms with E-state index in [2.05, 4.69) is 11.1 Å². The van der Waals surface area contributed by atoms with Crippen LogP contribution in [0.25, 0.3) is 10.8 Å². The molecule has 6 nitrogen and oxygen atoms in total. The zero-order valence-electron chi connectivity index (χ0n) is 16.0. The zero-order valence-corrected chi connectivity index (χ0v) is 16.8. The molecule has 1 unspecified atom stereocenters. The van der Waals surface area contributed by atoms with Crippen LogP contribution >= 0.6 is 11.8 Å². The third kappa shape index (κ3) is 4.93. The van der Waals surface area contributed by atoms with Gasteiger partial charge in [0, 0.05) is 46.5 Å². The van der Waals surface area contributed by atoms with Crippen LogP contribution in [-0.4, -0.2) is 29.4 Å². The lowest BCUT2D eigenvalue weighted by atomic mass is 10.1. The van der Waals surface area contributed by atoms with E-state index in [9.17, 15) is 10.1 Å². The van der Waals surface area contributed by atoms with E-state index in [0.717, 1.165) is 52.1 Å².